The van der Waals surface area contributed by atoms with Crippen LogP contribution in [0.1, 0.15) is 6.92 Å². The Morgan fingerprint density at radius 2 is 2.21 bits per heavy atom. The molecule has 2 aromatic rings. The lowest BCUT2D eigenvalue weighted by Gasteiger charge is -2.24. The normalized spacial score (nSPS) is 12.4. The summed E-state index contributed by atoms with van der Waals surface area (Å²) in [6.07, 6.45) is 5.01. The molecule has 0 aliphatic heterocycles. The molecule has 19 heavy (non-hydrogen) atoms. The minimum absolute atomic E-state index is 0.127. The van der Waals surface area contributed by atoms with Crippen LogP contribution in [0.5, 0.6) is 0 Å². The van der Waals surface area contributed by atoms with Crippen molar-refractivity contribution >= 4 is 11.9 Å². The van der Waals surface area contributed by atoms with E-state index < -0.39 is 0 Å². The third kappa shape index (κ3) is 2.97. The molecule has 1 atom stereocenters. The lowest BCUT2D eigenvalue weighted by Crippen LogP contribution is -2.34. The highest BCUT2D eigenvalue weighted by atomic mass is 16.5. The Morgan fingerprint density at radius 1 is 1.42 bits per heavy atom. The summed E-state index contributed by atoms with van der Waals surface area (Å²) >= 11 is 0. The maximum atomic E-state index is 5.72. The average molecular weight is 263 g/mol. The van der Waals surface area contributed by atoms with Crippen LogP contribution < -0.4 is 10.6 Å². The van der Waals surface area contributed by atoms with Gasteiger partial charge in [0, 0.05) is 26.6 Å². The third-order valence-electron chi connectivity index (χ3n) is 2.75. The fourth-order valence-electron chi connectivity index (χ4n) is 1.57. The summed E-state index contributed by atoms with van der Waals surface area (Å²) in [7, 11) is 3.54. The molecule has 8 nitrogen and oxygen atoms in total. The first-order chi connectivity index (χ1) is 9.11. The maximum absolute atomic E-state index is 5.72. The zero-order chi connectivity index (χ0) is 13.8. The van der Waals surface area contributed by atoms with Gasteiger partial charge in [0.2, 0.25) is 17.8 Å². The zero-order valence-electron chi connectivity index (χ0n) is 11.2. The van der Waals surface area contributed by atoms with E-state index >= 15 is 0 Å². The number of aromatic nitrogens is 5. The molecular weight excluding hydrogens is 246 g/mol. The number of anilines is 2. The van der Waals surface area contributed by atoms with Gasteiger partial charge in [-0.25, -0.2) is 4.98 Å². The Morgan fingerprint density at radius 3 is 2.84 bits per heavy atom. The van der Waals surface area contributed by atoms with Gasteiger partial charge in [0.25, 0.3) is 0 Å². The van der Waals surface area contributed by atoms with E-state index in [2.05, 4.69) is 19.9 Å². The Kier molecular flexibility index (Phi) is 3.91. The minimum Gasteiger partial charge on any atom is -0.383 e. The lowest BCUT2D eigenvalue weighted by molar-refractivity contribution is 0.183. The predicted octanol–water partition coefficient (Wildman–Crippen LogP) is 0.111. The predicted molar refractivity (Wildman–Crippen MR) is 71.1 cm³/mol. The van der Waals surface area contributed by atoms with Gasteiger partial charge >= 0.3 is 0 Å². The quantitative estimate of drug-likeness (QED) is 0.818. The van der Waals surface area contributed by atoms with Crippen molar-refractivity contribution in [3.63, 3.8) is 0 Å². The van der Waals surface area contributed by atoms with Gasteiger partial charge < -0.3 is 15.4 Å². The molecule has 0 radical (unpaired) electrons. The topological polar surface area (TPSA) is 95.0 Å². The summed E-state index contributed by atoms with van der Waals surface area (Å²) in [4.78, 5) is 18.4. The first-order valence-corrected chi connectivity index (χ1v) is 5.83. The fraction of sp³-hybridized carbons (Fsp3) is 0.455. The number of rotatable bonds is 5. The molecule has 102 valence electrons. The summed E-state index contributed by atoms with van der Waals surface area (Å²) in [6, 6.07) is 0.127. The van der Waals surface area contributed by atoms with Crippen LogP contribution in [-0.4, -0.2) is 51.3 Å². The van der Waals surface area contributed by atoms with Gasteiger partial charge in [-0.05, 0) is 6.92 Å². The molecule has 0 bridgehead atoms. The molecule has 1 unspecified atom stereocenters. The van der Waals surface area contributed by atoms with E-state index in [1.54, 1.807) is 30.4 Å². The van der Waals surface area contributed by atoms with Gasteiger partial charge in [-0.1, -0.05) is 0 Å². The van der Waals surface area contributed by atoms with Crippen LogP contribution in [0.3, 0.4) is 0 Å². The van der Waals surface area contributed by atoms with Gasteiger partial charge in [0.05, 0.1) is 12.6 Å². The van der Waals surface area contributed by atoms with E-state index in [9.17, 15) is 0 Å². The third-order valence-corrected chi connectivity index (χ3v) is 2.75. The summed E-state index contributed by atoms with van der Waals surface area (Å²) in [5.74, 6) is 1.11. The smallest absolute Gasteiger partial charge is 0.241 e. The largest absolute Gasteiger partial charge is 0.383 e. The SMILES string of the molecule is COCC(C)N(C)c1nc(N)nc(-n2ccnc2)n1. The Bertz CT molecular complexity index is 528. The molecule has 0 fully saturated rings. The molecule has 2 rings (SSSR count). The summed E-state index contributed by atoms with van der Waals surface area (Å²) in [6.45, 7) is 2.59. The number of imidazole rings is 1. The van der Waals surface area contributed by atoms with E-state index in [1.807, 2.05) is 18.9 Å². The van der Waals surface area contributed by atoms with Crippen LogP contribution in [0.2, 0.25) is 0 Å². The van der Waals surface area contributed by atoms with Crippen molar-refractivity contribution in [2.75, 3.05) is 31.4 Å². The van der Waals surface area contributed by atoms with Crippen LogP contribution >= 0.6 is 0 Å². The highest BCUT2D eigenvalue weighted by molar-refractivity contribution is 5.38. The molecule has 0 saturated carbocycles. The van der Waals surface area contributed by atoms with Crippen LogP contribution in [0.4, 0.5) is 11.9 Å². The first-order valence-electron chi connectivity index (χ1n) is 5.83. The van der Waals surface area contributed by atoms with Crippen LogP contribution in [0, 0.1) is 0 Å². The van der Waals surface area contributed by atoms with Crippen molar-refractivity contribution in [2.45, 2.75) is 13.0 Å². The number of ether oxygens (including phenoxy) is 1. The highest BCUT2D eigenvalue weighted by Crippen LogP contribution is 2.12. The zero-order valence-corrected chi connectivity index (χ0v) is 11.2. The summed E-state index contributed by atoms with van der Waals surface area (Å²) in [5, 5.41) is 0. The van der Waals surface area contributed by atoms with Gasteiger partial charge in [-0.15, -0.1) is 0 Å². The van der Waals surface area contributed by atoms with E-state index in [1.165, 1.54) is 0 Å². The van der Waals surface area contributed by atoms with Crippen molar-refractivity contribution in [3.05, 3.63) is 18.7 Å². The molecule has 2 aromatic heterocycles. The molecule has 0 aromatic carbocycles. The van der Waals surface area contributed by atoms with Crippen molar-refractivity contribution in [1.29, 1.82) is 0 Å². The molecule has 0 saturated heterocycles. The lowest BCUT2D eigenvalue weighted by atomic mass is 10.3. The molecule has 0 aliphatic carbocycles. The van der Waals surface area contributed by atoms with Gasteiger partial charge in [0.15, 0.2) is 0 Å². The average Bonchev–Trinajstić information content (AvgIpc) is 2.91. The van der Waals surface area contributed by atoms with Crippen LogP contribution in [0.15, 0.2) is 18.7 Å². The number of hydrogen-bond acceptors (Lipinski definition) is 7. The Hall–Kier alpha value is -2.22. The second-order valence-electron chi connectivity index (χ2n) is 4.18. The maximum Gasteiger partial charge on any atom is 0.241 e. The minimum atomic E-state index is 0.127. The number of hydrogen-bond donors (Lipinski definition) is 1. The van der Waals surface area contributed by atoms with E-state index in [4.69, 9.17) is 10.5 Å². The second-order valence-corrected chi connectivity index (χ2v) is 4.18. The molecular formula is C11H17N7O. The van der Waals surface area contributed by atoms with E-state index in [-0.39, 0.29) is 12.0 Å². The molecule has 2 N–H and O–H groups in total. The standard InChI is InChI=1S/C11H17N7O/c1-8(6-19-3)17(2)10-14-9(12)15-11(16-10)18-5-4-13-7-18/h4-5,7-8H,6H2,1-3H3,(H2,12,14,15,16). The van der Waals surface area contributed by atoms with Crippen molar-refractivity contribution in [2.24, 2.45) is 0 Å². The van der Waals surface area contributed by atoms with Crippen LogP contribution in [-0.2, 0) is 4.74 Å². The molecule has 0 spiro atoms. The van der Waals surface area contributed by atoms with Gasteiger partial charge in [0.1, 0.15) is 6.33 Å². The summed E-state index contributed by atoms with van der Waals surface area (Å²) in [5.41, 5.74) is 5.72. The fourth-order valence-corrected chi connectivity index (χ4v) is 1.57. The van der Waals surface area contributed by atoms with Crippen molar-refractivity contribution in [1.82, 2.24) is 24.5 Å². The highest BCUT2D eigenvalue weighted by Gasteiger charge is 2.15. The van der Waals surface area contributed by atoms with E-state index in [0.717, 1.165) is 0 Å². The number of nitrogens with zero attached hydrogens (tertiary/aromatic N) is 6. The van der Waals surface area contributed by atoms with E-state index in [0.29, 0.717) is 18.5 Å². The van der Waals surface area contributed by atoms with Gasteiger partial charge in [-0.3, -0.25) is 4.57 Å². The van der Waals surface area contributed by atoms with Gasteiger partial charge in [-0.2, -0.15) is 15.0 Å². The molecule has 2 heterocycles. The van der Waals surface area contributed by atoms with Crippen molar-refractivity contribution in [3.8, 4) is 5.95 Å². The monoisotopic (exact) mass is 263 g/mol. The number of nitrogens with two attached hydrogens (primary N) is 1. The molecule has 0 aliphatic rings. The van der Waals surface area contributed by atoms with Crippen molar-refractivity contribution < 1.29 is 4.74 Å². The summed E-state index contributed by atoms with van der Waals surface area (Å²) < 4.78 is 6.80. The number of nitrogen functional groups attached to an aromatic ring is 1. The number of methoxy groups -OCH3 is 1. The second kappa shape index (κ2) is 5.61. The molecule has 0 amide bonds. The van der Waals surface area contributed by atoms with Crippen LogP contribution in [0.25, 0.3) is 5.95 Å². The molecule has 8 heteroatoms. The number of likely N-dealkylation sites (N-methyl/N-ethyl adjacent to an activating group) is 1. The first kappa shape index (κ1) is 13.2. The Labute approximate surface area is 111 Å². The Balaban J connectivity index is 2.31.